The van der Waals surface area contributed by atoms with Crippen LogP contribution in [0.2, 0.25) is 0 Å². The van der Waals surface area contributed by atoms with E-state index in [2.05, 4.69) is 5.16 Å². The minimum Gasteiger partial charge on any atom is -0.409 e. The van der Waals surface area contributed by atoms with Crippen LogP contribution in [0.4, 0.5) is 0 Å². The minimum atomic E-state index is -0.559. The number of nitrogens with two attached hydrogens (primary N) is 2. The lowest BCUT2D eigenvalue weighted by Crippen LogP contribution is -2.60. The Bertz CT molecular complexity index is 255. The second-order valence-electron chi connectivity index (χ2n) is 3.03. The van der Waals surface area contributed by atoms with Crippen LogP contribution >= 0.6 is 0 Å². The Hall–Kier alpha value is -1.54. The predicted molar refractivity (Wildman–Crippen MR) is 49.2 cm³/mol. The first kappa shape index (κ1) is 10.5. The third kappa shape index (κ3) is 2.03. The van der Waals surface area contributed by atoms with Gasteiger partial charge in [-0.15, -0.1) is 0 Å². The molecule has 1 unspecified atom stereocenters. The molecule has 1 rings (SSSR count). The molecule has 0 radical (unpaired) electrons. The first-order valence-electron chi connectivity index (χ1n) is 4.08. The van der Waals surface area contributed by atoms with Gasteiger partial charge in [-0.2, -0.15) is 5.06 Å². The van der Waals surface area contributed by atoms with Gasteiger partial charge in [0.05, 0.1) is 6.54 Å². The molecule has 1 aliphatic heterocycles. The Morgan fingerprint density at radius 3 is 2.57 bits per heavy atom. The average molecular weight is 202 g/mol. The zero-order valence-corrected chi connectivity index (χ0v) is 7.59. The van der Waals surface area contributed by atoms with E-state index in [4.69, 9.17) is 22.1 Å². The highest BCUT2D eigenvalue weighted by Crippen LogP contribution is 2.07. The molecule has 0 aliphatic carbocycles. The molecule has 0 aromatic carbocycles. The van der Waals surface area contributed by atoms with Gasteiger partial charge in [0.25, 0.3) is 0 Å². The quantitative estimate of drug-likeness (QED) is 0.144. The van der Waals surface area contributed by atoms with E-state index >= 15 is 0 Å². The molecule has 8 nitrogen and oxygen atoms in total. The highest BCUT2D eigenvalue weighted by molar-refractivity contribution is 5.90. The fraction of sp³-hybridized carbons (Fsp3) is 0.667. The van der Waals surface area contributed by atoms with Crippen LogP contribution in [0.3, 0.4) is 0 Å². The number of hydroxylamine groups is 2. The van der Waals surface area contributed by atoms with E-state index < -0.39 is 6.04 Å². The monoisotopic (exact) mass is 202 g/mol. The summed E-state index contributed by atoms with van der Waals surface area (Å²) in [5, 5.41) is 28.9. The number of guanidine groups is 1. The van der Waals surface area contributed by atoms with E-state index in [-0.39, 0.29) is 18.3 Å². The van der Waals surface area contributed by atoms with Crippen LogP contribution in [0.25, 0.3) is 0 Å². The van der Waals surface area contributed by atoms with Crippen LogP contribution in [0, 0.1) is 5.41 Å². The zero-order chi connectivity index (χ0) is 10.7. The molecule has 0 spiro atoms. The van der Waals surface area contributed by atoms with Gasteiger partial charge in [-0.3, -0.25) is 5.41 Å². The van der Waals surface area contributed by atoms with Crippen molar-refractivity contribution in [2.24, 2.45) is 16.6 Å². The Labute approximate surface area is 80.8 Å². The SMILES string of the molecule is N=C(N)N1CCN(O)CC1C(N)=NO. The molecule has 1 heterocycles. The molecule has 0 amide bonds. The number of nitrogens with one attached hydrogen (secondary N) is 1. The van der Waals surface area contributed by atoms with E-state index in [0.29, 0.717) is 13.1 Å². The number of oxime groups is 1. The van der Waals surface area contributed by atoms with Gasteiger partial charge in [0.15, 0.2) is 11.8 Å². The third-order valence-corrected chi connectivity index (χ3v) is 2.13. The van der Waals surface area contributed by atoms with Crippen LogP contribution in [0.5, 0.6) is 0 Å². The Balaban J connectivity index is 2.78. The molecular weight excluding hydrogens is 188 g/mol. The van der Waals surface area contributed by atoms with Crippen molar-refractivity contribution in [1.29, 1.82) is 5.41 Å². The minimum absolute atomic E-state index is 0.0704. The maximum absolute atomic E-state index is 9.23. The van der Waals surface area contributed by atoms with E-state index in [0.717, 1.165) is 5.06 Å². The molecule has 1 aliphatic rings. The summed E-state index contributed by atoms with van der Waals surface area (Å²) in [6.07, 6.45) is 0. The molecule has 1 atom stereocenters. The molecule has 80 valence electrons. The van der Waals surface area contributed by atoms with E-state index in [1.54, 1.807) is 0 Å². The highest BCUT2D eigenvalue weighted by Gasteiger charge is 2.30. The highest BCUT2D eigenvalue weighted by atomic mass is 16.5. The van der Waals surface area contributed by atoms with Crippen LogP contribution in [-0.2, 0) is 0 Å². The second kappa shape index (κ2) is 4.11. The fourth-order valence-electron chi connectivity index (χ4n) is 1.38. The van der Waals surface area contributed by atoms with E-state index in [1.807, 2.05) is 0 Å². The van der Waals surface area contributed by atoms with Gasteiger partial charge in [0.1, 0.15) is 6.04 Å². The van der Waals surface area contributed by atoms with Crippen LogP contribution in [0.15, 0.2) is 5.16 Å². The molecular formula is C6H14N6O2. The third-order valence-electron chi connectivity index (χ3n) is 2.13. The van der Waals surface area contributed by atoms with Crippen molar-refractivity contribution in [2.45, 2.75) is 6.04 Å². The maximum atomic E-state index is 9.23. The summed E-state index contributed by atoms with van der Waals surface area (Å²) >= 11 is 0. The first-order chi connectivity index (χ1) is 6.56. The normalized spacial score (nSPS) is 25.1. The summed E-state index contributed by atoms with van der Waals surface area (Å²) in [6, 6.07) is -0.559. The molecule has 7 N–H and O–H groups in total. The van der Waals surface area contributed by atoms with Crippen LogP contribution < -0.4 is 11.5 Å². The molecule has 0 aromatic heterocycles. The smallest absolute Gasteiger partial charge is 0.189 e. The Kier molecular flexibility index (Phi) is 3.10. The Morgan fingerprint density at radius 1 is 1.43 bits per heavy atom. The lowest BCUT2D eigenvalue weighted by Gasteiger charge is -2.38. The molecule has 1 saturated heterocycles. The van der Waals surface area contributed by atoms with Crippen molar-refractivity contribution in [3.8, 4) is 0 Å². The number of rotatable bonds is 1. The summed E-state index contributed by atoms with van der Waals surface area (Å²) in [7, 11) is 0. The zero-order valence-electron chi connectivity index (χ0n) is 7.59. The van der Waals surface area contributed by atoms with Crippen molar-refractivity contribution in [3.05, 3.63) is 0 Å². The van der Waals surface area contributed by atoms with Crippen molar-refractivity contribution < 1.29 is 10.4 Å². The second-order valence-corrected chi connectivity index (χ2v) is 3.03. The maximum Gasteiger partial charge on any atom is 0.189 e. The summed E-state index contributed by atoms with van der Waals surface area (Å²) in [5.74, 6) is -0.228. The number of hydrogen-bond acceptors (Lipinski definition) is 5. The number of amidine groups is 1. The molecule has 0 saturated carbocycles. The topological polar surface area (TPSA) is 135 Å². The van der Waals surface area contributed by atoms with Crippen molar-refractivity contribution >= 4 is 11.8 Å². The van der Waals surface area contributed by atoms with Crippen LogP contribution in [-0.4, -0.2) is 57.8 Å². The predicted octanol–water partition coefficient (Wildman–Crippen LogP) is -2.00. The van der Waals surface area contributed by atoms with Gasteiger partial charge in [-0.05, 0) is 0 Å². The lowest BCUT2D eigenvalue weighted by molar-refractivity contribution is -0.116. The molecule has 0 aromatic rings. The number of hydrogen-bond donors (Lipinski definition) is 5. The Morgan fingerprint density at radius 2 is 2.07 bits per heavy atom. The van der Waals surface area contributed by atoms with Crippen molar-refractivity contribution in [1.82, 2.24) is 9.96 Å². The molecule has 0 bridgehead atoms. The molecule has 14 heavy (non-hydrogen) atoms. The first-order valence-corrected chi connectivity index (χ1v) is 4.08. The summed E-state index contributed by atoms with van der Waals surface area (Å²) in [6.45, 7) is 0.900. The summed E-state index contributed by atoms with van der Waals surface area (Å²) in [5.41, 5.74) is 10.7. The van der Waals surface area contributed by atoms with Gasteiger partial charge in [0.2, 0.25) is 0 Å². The van der Waals surface area contributed by atoms with Gasteiger partial charge in [-0.25, -0.2) is 0 Å². The van der Waals surface area contributed by atoms with E-state index in [9.17, 15) is 5.21 Å². The standard InChI is InChI=1S/C6H14N6O2/c7-5(10-13)4-3-11(14)1-2-12(4)6(8)9/h4,13-14H,1-3H2,(H2,7,10)(H3,8,9). The molecule has 1 fully saturated rings. The average Bonchev–Trinajstić information content (AvgIpc) is 2.16. The van der Waals surface area contributed by atoms with E-state index in [1.165, 1.54) is 4.90 Å². The summed E-state index contributed by atoms with van der Waals surface area (Å²) in [4.78, 5) is 1.46. The van der Waals surface area contributed by atoms with Gasteiger partial charge in [0, 0.05) is 13.1 Å². The van der Waals surface area contributed by atoms with Crippen LogP contribution in [0.1, 0.15) is 0 Å². The largest absolute Gasteiger partial charge is 0.409 e. The van der Waals surface area contributed by atoms with Gasteiger partial charge >= 0.3 is 0 Å². The van der Waals surface area contributed by atoms with Crippen molar-refractivity contribution in [2.75, 3.05) is 19.6 Å². The molecule has 8 heteroatoms. The van der Waals surface area contributed by atoms with Crippen molar-refractivity contribution in [3.63, 3.8) is 0 Å². The number of nitrogens with zero attached hydrogens (tertiary/aromatic N) is 3. The number of piperazine rings is 1. The van der Waals surface area contributed by atoms with Gasteiger partial charge < -0.3 is 26.8 Å². The van der Waals surface area contributed by atoms with Gasteiger partial charge in [-0.1, -0.05) is 5.16 Å². The lowest BCUT2D eigenvalue weighted by atomic mass is 10.2. The summed E-state index contributed by atoms with van der Waals surface area (Å²) < 4.78 is 0. The fourth-order valence-corrected chi connectivity index (χ4v) is 1.38.